The average molecular weight is 327 g/mol. The second-order valence-corrected chi connectivity index (χ2v) is 7.08. The molecule has 1 unspecified atom stereocenters. The van der Waals surface area contributed by atoms with Crippen LogP contribution in [0.2, 0.25) is 0 Å². The third kappa shape index (κ3) is 2.86. The Bertz CT molecular complexity index is 760. The van der Waals surface area contributed by atoms with Crippen LogP contribution in [0, 0.1) is 12.3 Å². The Kier molecular flexibility index (Phi) is 3.92. The molecule has 2 aliphatic rings. The fourth-order valence-electron chi connectivity index (χ4n) is 3.84. The average Bonchev–Trinajstić information content (AvgIpc) is 3.29. The lowest BCUT2D eigenvalue weighted by molar-refractivity contribution is 0.156. The maximum Gasteiger partial charge on any atom is 0.194 e. The highest BCUT2D eigenvalue weighted by Crippen LogP contribution is 2.38. The van der Waals surface area contributed by atoms with Crippen molar-refractivity contribution in [3.05, 3.63) is 29.6 Å². The molecule has 2 saturated heterocycles. The van der Waals surface area contributed by atoms with Gasteiger partial charge in [-0.2, -0.15) is 0 Å². The fourth-order valence-corrected chi connectivity index (χ4v) is 3.84. The minimum atomic E-state index is 0.342. The summed E-state index contributed by atoms with van der Waals surface area (Å²) in [6, 6.07) is 6.28. The molecule has 3 heterocycles. The maximum absolute atomic E-state index is 5.61. The molecule has 2 N–H and O–H groups in total. The number of fused-ring (bicyclic) bond motifs is 1. The van der Waals surface area contributed by atoms with Crippen molar-refractivity contribution in [2.75, 3.05) is 33.4 Å². The standard InChI is InChI=1S/C18H25N5O/c1-13-3-4-14-15(9-13)22-16(21-14)10-20-17(19-2)23-7-5-18(11-23)6-8-24-12-18/h3-4,9H,5-8,10-12H2,1-2H3,(H,19,20)(H,21,22). The predicted octanol–water partition coefficient (Wildman–Crippen LogP) is 2.06. The van der Waals surface area contributed by atoms with Crippen LogP contribution < -0.4 is 5.32 Å². The van der Waals surface area contributed by atoms with Crippen LogP contribution in [0.5, 0.6) is 0 Å². The number of aromatic amines is 1. The lowest BCUT2D eigenvalue weighted by atomic mass is 9.87. The molecule has 1 aromatic carbocycles. The van der Waals surface area contributed by atoms with Gasteiger partial charge in [-0.1, -0.05) is 6.07 Å². The van der Waals surface area contributed by atoms with E-state index in [1.165, 1.54) is 18.4 Å². The van der Waals surface area contributed by atoms with Gasteiger partial charge in [0, 0.05) is 32.2 Å². The Morgan fingerprint density at radius 2 is 2.38 bits per heavy atom. The Hall–Kier alpha value is -2.08. The van der Waals surface area contributed by atoms with Crippen LogP contribution in [0.1, 0.15) is 24.2 Å². The number of hydrogen-bond acceptors (Lipinski definition) is 3. The molecular weight excluding hydrogens is 302 g/mol. The van der Waals surface area contributed by atoms with Crippen molar-refractivity contribution >= 4 is 17.0 Å². The van der Waals surface area contributed by atoms with Crippen molar-refractivity contribution in [3.8, 4) is 0 Å². The number of imidazole rings is 1. The molecule has 2 fully saturated rings. The molecule has 6 nitrogen and oxygen atoms in total. The number of aromatic nitrogens is 2. The molecule has 1 atom stereocenters. The molecule has 128 valence electrons. The summed E-state index contributed by atoms with van der Waals surface area (Å²) in [5, 5.41) is 3.45. The van der Waals surface area contributed by atoms with Gasteiger partial charge in [0.1, 0.15) is 5.82 Å². The quantitative estimate of drug-likeness (QED) is 0.654. The number of nitrogens with zero attached hydrogens (tertiary/aromatic N) is 3. The number of ether oxygens (including phenoxy) is 1. The van der Waals surface area contributed by atoms with E-state index in [0.717, 1.165) is 49.1 Å². The Balaban J connectivity index is 1.41. The molecule has 0 aliphatic carbocycles. The van der Waals surface area contributed by atoms with Crippen LogP contribution >= 0.6 is 0 Å². The molecule has 1 spiro atoms. The lowest BCUT2D eigenvalue weighted by Gasteiger charge is -2.24. The van der Waals surface area contributed by atoms with Gasteiger partial charge < -0.3 is 19.9 Å². The first-order valence-electron chi connectivity index (χ1n) is 8.66. The summed E-state index contributed by atoms with van der Waals surface area (Å²) in [5.41, 5.74) is 3.68. The van der Waals surface area contributed by atoms with E-state index in [9.17, 15) is 0 Å². The van der Waals surface area contributed by atoms with E-state index in [-0.39, 0.29) is 0 Å². The molecule has 1 aromatic heterocycles. The van der Waals surface area contributed by atoms with Crippen LogP contribution in [0.4, 0.5) is 0 Å². The highest BCUT2D eigenvalue weighted by atomic mass is 16.5. The van der Waals surface area contributed by atoms with Crippen molar-refractivity contribution < 1.29 is 4.74 Å². The molecule has 24 heavy (non-hydrogen) atoms. The van der Waals surface area contributed by atoms with Crippen LogP contribution in [0.3, 0.4) is 0 Å². The Morgan fingerprint density at radius 3 is 3.17 bits per heavy atom. The number of likely N-dealkylation sites (tertiary alicyclic amines) is 1. The normalized spacial score (nSPS) is 24.4. The lowest BCUT2D eigenvalue weighted by Crippen LogP contribution is -2.41. The molecule has 0 radical (unpaired) electrons. The van der Waals surface area contributed by atoms with E-state index in [0.29, 0.717) is 12.0 Å². The van der Waals surface area contributed by atoms with Crippen molar-refractivity contribution in [3.63, 3.8) is 0 Å². The first-order valence-corrected chi connectivity index (χ1v) is 8.66. The van der Waals surface area contributed by atoms with Gasteiger partial charge in [0.25, 0.3) is 0 Å². The smallest absolute Gasteiger partial charge is 0.194 e. The molecule has 2 aliphatic heterocycles. The first kappa shape index (κ1) is 15.4. The van der Waals surface area contributed by atoms with Gasteiger partial charge in [-0.05, 0) is 37.5 Å². The molecule has 0 amide bonds. The minimum absolute atomic E-state index is 0.342. The van der Waals surface area contributed by atoms with Crippen molar-refractivity contribution in [1.29, 1.82) is 0 Å². The number of guanidine groups is 1. The van der Waals surface area contributed by atoms with E-state index in [4.69, 9.17) is 4.74 Å². The summed E-state index contributed by atoms with van der Waals surface area (Å²) in [5.74, 6) is 1.89. The van der Waals surface area contributed by atoms with Crippen molar-refractivity contribution in [2.45, 2.75) is 26.3 Å². The SMILES string of the molecule is CN=C(NCc1nc2ccc(C)cc2[nH]1)N1CCC2(CCOC2)C1. The van der Waals surface area contributed by atoms with Gasteiger partial charge in [-0.15, -0.1) is 0 Å². The van der Waals surface area contributed by atoms with E-state index < -0.39 is 0 Å². The van der Waals surface area contributed by atoms with E-state index >= 15 is 0 Å². The zero-order chi connectivity index (χ0) is 16.6. The van der Waals surface area contributed by atoms with Crippen LogP contribution in [-0.4, -0.2) is 54.2 Å². The number of rotatable bonds is 2. The molecule has 4 rings (SSSR count). The van der Waals surface area contributed by atoms with Crippen LogP contribution in [-0.2, 0) is 11.3 Å². The summed E-state index contributed by atoms with van der Waals surface area (Å²) in [6.45, 7) is 6.62. The van der Waals surface area contributed by atoms with E-state index in [1.807, 2.05) is 7.05 Å². The zero-order valence-electron chi connectivity index (χ0n) is 14.4. The van der Waals surface area contributed by atoms with Gasteiger partial charge in [-0.25, -0.2) is 4.98 Å². The van der Waals surface area contributed by atoms with Crippen LogP contribution in [0.15, 0.2) is 23.2 Å². The summed E-state index contributed by atoms with van der Waals surface area (Å²) in [7, 11) is 1.85. The topological polar surface area (TPSA) is 65.5 Å². The highest BCUT2D eigenvalue weighted by Gasteiger charge is 2.42. The Morgan fingerprint density at radius 1 is 1.46 bits per heavy atom. The van der Waals surface area contributed by atoms with E-state index in [1.54, 1.807) is 0 Å². The largest absolute Gasteiger partial charge is 0.381 e. The number of aryl methyl sites for hydroxylation is 1. The monoisotopic (exact) mass is 327 g/mol. The van der Waals surface area contributed by atoms with Gasteiger partial charge in [0.15, 0.2) is 5.96 Å². The minimum Gasteiger partial charge on any atom is -0.381 e. The number of nitrogens with one attached hydrogen (secondary N) is 2. The fraction of sp³-hybridized carbons (Fsp3) is 0.556. The summed E-state index contributed by atoms with van der Waals surface area (Å²) < 4.78 is 5.61. The molecule has 2 aromatic rings. The molecular formula is C18H25N5O. The third-order valence-corrected chi connectivity index (χ3v) is 5.24. The van der Waals surface area contributed by atoms with Gasteiger partial charge in [0.2, 0.25) is 0 Å². The highest BCUT2D eigenvalue weighted by molar-refractivity contribution is 5.80. The molecule has 0 bridgehead atoms. The van der Waals surface area contributed by atoms with Gasteiger partial charge in [-0.3, -0.25) is 4.99 Å². The van der Waals surface area contributed by atoms with Gasteiger partial charge in [0.05, 0.1) is 24.2 Å². The van der Waals surface area contributed by atoms with Crippen molar-refractivity contribution in [1.82, 2.24) is 20.2 Å². The van der Waals surface area contributed by atoms with Crippen LogP contribution in [0.25, 0.3) is 11.0 Å². The predicted molar refractivity (Wildman–Crippen MR) is 95.1 cm³/mol. The molecule has 0 saturated carbocycles. The summed E-state index contributed by atoms with van der Waals surface area (Å²) in [4.78, 5) is 14.8. The number of hydrogen-bond donors (Lipinski definition) is 2. The number of benzene rings is 1. The number of aliphatic imine (C=N–C) groups is 1. The summed E-state index contributed by atoms with van der Waals surface area (Å²) >= 11 is 0. The van der Waals surface area contributed by atoms with E-state index in [2.05, 4.69) is 50.3 Å². The maximum atomic E-state index is 5.61. The number of H-pyrrole nitrogens is 1. The third-order valence-electron chi connectivity index (χ3n) is 5.24. The Labute approximate surface area is 142 Å². The second kappa shape index (κ2) is 6.09. The van der Waals surface area contributed by atoms with Crippen molar-refractivity contribution in [2.24, 2.45) is 10.4 Å². The summed E-state index contributed by atoms with van der Waals surface area (Å²) in [6.07, 6.45) is 2.36. The van der Waals surface area contributed by atoms with Gasteiger partial charge >= 0.3 is 0 Å². The first-order chi connectivity index (χ1) is 11.7. The zero-order valence-corrected chi connectivity index (χ0v) is 14.4. The second-order valence-electron chi connectivity index (χ2n) is 7.08. The molecule has 6 heteroatoms.